The Labute approximate surface area is 156 Å². The summed E-state index contributed by atoms with van der Waals surface area (Å²) in [5.41, 5.74) is 0.854. The lowest BCUT2D eigenvalue weighted by Crippen LogP contribution is -2.43. The minimum absolute atomic E-state index is 0.00881. The highest BCUT2D eigenvalue weighted by Gasteiger charge is 2.42. The van der Waals surface area contributed by atoms with Crippen LogP contribution in [0.5, 0.6) is 0 Å². The third-order valence-corrected chi connectivity index (χ3v) is 6.02. The number of carbonyl (C=O) groups excluding carboxylic acids is 2. The van der Waals surface area contributed by atoms with Crippen molar-refractivity contribution in [1.29, 1.82) is 0 Å². The number of imidazole rings is 1. The Hall–Kier alpha value is -2.31. The third-order valence-electron chi connectivity index (χ3n) is 6.02. The number of nitrogens with zero attached hydrogens (tertiary/aromatic N) is 3. The highest BCUT2D eigenvalue weighted by Crippen LogP contribution is 2.40. The molecule has 2 aliphatic carbocycles. The van der Waals surface area contributed by atoms with Gasteiger partial charge in [-0.25, -0.2) is 4.98 Å². The van der Waals surface area contributed by atoms with Crippen molar-refractivity contribution in [3.8, 4) is 0 Å². The SMILES string of the molecule is CN(Cc1nc2ccccc2n1C(F)F)C(=O)C1CC2CCCC(C1)C2=O. The van der Waals surface area contributed by atoms with E-state index < -0.39 is 6.55 Å². The van der Waals surface area contributed by atoms with Crippen molar-refractivity contribution in [1.82, 2.24) is 14.5 Å². The molecule has 2 saturated carbocycles. The first-order valence-corrected chi connectivity index (χ1v) is 9.48. The number of carbonyl (C=O) groups is 2. The van der Waals surface area contributed by atoms with E-state index in [9.17, 15) is 18.4 Å². The predicted octanol–water partition coefficient (Wildman–Crippen LogP) is 3.79. The Morgan fingerprint density at radius 1 is 1.26 bits per heavy atom. The van der Waals surface area contributed by atoms with Crippen LogP contribution >= 0.6 is 0 Å². The molecule has 2 bridgehead atoms. The van der Waals surface area contributed by atoms with Gasteiger partial charge in [-0.05, 0) is 37.8 Å². The lowest BCUT2D eigenvalue weighted by Gasteiger charge is -2.38. The summed E-state index contributed by atoms with van der Waals surface area (Å²) in [6, 6.07) is 6.74. The minimum Gasteiger partial charge on any atom is -0.338 e. The van der Waals surface area contributed by atoms with Gasteiger partial charge in [0.25, 0.3) is 0 Å². The molecule has 0 aliphatic heterocycles. The lowest BCUT2D eigenvalue weighted by molar-refractivity contribution is -0.142. The molecule has 1 heterocycles. The number of hydrogen-bond donors (Lipinski definition) is 0. The molecule has 2 atom stereocenters. The van der Waals surface area contributed by atoms with Gasteiger partial charge in [0.1, 0.15) is 11.6 Å². The fourth-order valence-corrected chi connectivity index (χ4v) is 4.71. The standard InChI is InChI=1S/C20H23F2N3O2/c1-24(19(27)14-9-12-5-4-6-13(10-14)18(12)26)11-17-23-15-7-2-3-8-16(15)25(17)20(21)22/h2-3,7-8,12-14,20H,4-6,9-11H2,1H3. The fourth-order valence-electron chi connectivity index (χ4n) is 4.71. The molecule has 27 heavy (non-hydrogen) atoms. The maximum atomic E-state index is 13.6. The number of hydrogen-bond acceptors (Lipinski definition) is 3. The molecule has 2 fully saturated rings. The van der Waals surface area contributed by atoms with Crippen molar-refractivity contribution in [2.45, 2.75) is 45.2 Å². The Kier molecular flexibility index (Phi) is 4.70. The van der Waals surface area contributed by atoms with Crippen LogP contribution in [-0.2, 0) is 16.1 Å². The van der Waals surface area contributed by atoms with E-state index in [0.717, 1.165) is 23.8 Å². The average Bonchev–Trinajstić information content (AvgIpc) is 2.98. The van der Waals surface area contributed by atoms with Gasteiger partial charge in [-0.1, -0.05) is 18.6 Å². The number of fused-ring (bicyclic) bond motifs is 3. The van der Waals surface area contributed by atoms with E-state index in [-0.39, 0.29) is 36.0 Å². The average molecular weight is 375 g/mol. The predicted molar refractivity (Wildman–Crippen MR) is 96.0 cm³/mol. The number of ketones is 1. The molecule has 1 aromatic heterocycles. The quantitative estimate of drug-likeness (QED) is 0.817. The Balaban J connectivity index is 1.53. The smallest absolute Gasteiger partial charge is 0.320 e. The summed E-state index contributed by atoms with van der Waals surface area (Å²) in [4.78, 5) is 30.9. The molecule has 1 amide bonds. The minimum atomic E-state index is -2.72. The fraction of sp³-hybridized carbons (Fsp3) is 0.550. The first-order chi connectivity index (χ1) is 13.0. The first-order valence-electron chi connectivity index (χ1n) is 9.48. The number of alkyl halides is 2. The summed E-state index contributed by atoms with van der Waals surface area (Å²) < 4.78 is 28.0. The van der Waals surface area contributed by atoms with Gasteiger partial charge in [-0.2, -0.15) is 8.78 Å². The van der Waals surface area contributed by atoms with Crippen molar-refractivity contribution < 1.29 is 18.4 Å². The molecule has 0 spiro atoms. The van der Waals surface area contributed by atoms with Crippen LogP contribution in [-0.4, -0.2) is 33.2 Å². The van der Waals surface area contributed by atoms with Gasteiger partial charge in [0.05, 0.1) is 17.6 Å². The molecule has 1 aromatic carbocycles. The zero-order valence-electron chi connectivity index (χ0n) is 15.3. The van der Waals surface area contributed by atoms with Crippen LogP contribution in [0.1, 0.15) is 44.5 Å². The number of halogens is 2. The molecule has 0 N–H and O–H groups in total. The highest BCUT2D eigenvalue weighted by atomic mass is 19.3. The van der Waals surface area contributed by atoms with Crippen LogP contribution in [0, 0.1) is 17.8 Å². The van der Waals surface area contributed by atoms with Crippen LogP contribution in [0.3, 0.4) is 0 Å². The van der Waals surface area contributed by atoms with Gasteiger partial charge < -0.3 is 4.90 Å². The van der Waals surface area contributed by atoms with Crippen LogP contribution in [0.15, 0.2) is 24.3 Å². The molecule has 0 radical (unpaired) electrons. The zero-order valence-corrected chi connectivity index (χ0v) is 15.3. The van der Waals surface area contributed by atoms with Crippen molar-refractivity contribution >= 4 is 22.7 Å². The van der Waals surface area contributed by atoms with Gasteiger partial charge in [-0.15, -0.1) is 0 Å². The normalized spacial score (nSPS) is 25.2. The lowest BCUT2D eigenvalue weighted by atomic mass is 9.67. The van der Waals surface area contributed by atoms with Crippen molar-refractivity contribution in [3.63, 3.8) is 0 Å². The van der Waals surface area contributed by atoms with E-state index in [1.54, 1.807) is 31.3 Å². The maximum Gasteiger partial charge on any atom is 0.320 e. The molecular formula is C20H23F2N3O2. The summed E-state index contributed by atoms with van der Waals surface area (Å²) in [6.45, 7) is -2.69. The summed E-state index contributed by atoms with van der Waals surface area (Å²) in [5.74, 6) is 0.192. The van der Waals surface area contributed by atoms with E-state index in [1.165, 1.54) is 4.90 Å². The molecule has 144 valence electrons. The van der Waals surface area contributed by atoms with Gasteiger partial charge in [0, 0.05) is 24.8 Å². The number of rotatable bonds is 4. The summed E-state index contributed by atoms with van der Waals surface area (Å²) in [7, 11) is 1.63. The van der Waals surface area contributed by atoms with Gasteiger partial charge >= 0.3 is 6.55 Å². The highest BCUT2D eigenvalue weighted by molar-refractivity contribution is 5.88. The Morgan fingerprint density at radius 3 is 2.59 bits per heavy atom. The van der Waals surface area contributed by atoms with Crippen LogP contribution < -0.4 is 0 Å². The van der Waals surface area contributed by atoms with Crippen molar-refractivity contribution in [3.05, 3.63) is 30.1 Å². The van der Waals surface area contributed by atoms with Gasteiger partial charge in [0.2, 0.25) is 5.91 Å². The van der Waals surface area contributed by atoms with Crippen LogP contribution in [0.25, 0.3) is 11.0 Å². The molecule has 7 heteroatoms. The molecule has 5 nitrogen and oxygen atoms in total. The van der Waals surface area contributed by atoms with Crippen molar-refractivity contribution in [2.75, 3.05) is 7.05 Å². The van der Waals surface area contributed by atoms with Crippen LogP contribution in [0.2, 0.25) is 0 Å². The number of aromatic nitrogens is 2. The molecule has 2 unspecified atom stereocenters. The second kappa shape index (κ2) is 7.02. The summed E-state index contributed by atoms with van der Waals surface area (Å²) >= 11 is 0. The molecule has 0 saturated heterocycles. The van der Waals surface area contributed by atoms with E-state index >= 15 is 0 Å². The van der Waals surface area contributed by atoms with E-state index in [0.29, 0.717) is 29.7 Å². The molecule has 2 aliphatic rings. The number of amides is 1. The zero-order chi connectivity index (χ0) is 19.1. The van der Waals surface area contributed by atoms with Crippen molar-refractivity contribution in [2.24, 2.45) is 17.8 Å². The molecule has 2 aromatic rings. The van der Waals surface area contributed by atoms with Gasteiger partial charge in [0.15, 0.2) is 0 Å². The monoisotopic (exact) mass is 375 g/mol. The number of Topliss-reactive ketones (excluding diaryl/α,β-unsaturated/α-hetero) is 1. The van der Waals surface area contributed by atoms with Gasteiger partial charge in [-0.3, -0.25) is 14.2 Å². The van der Waals surface area contributed by atoms with Crippen LogP contribution in [0.4, 0.5) is 8.78 Å². The maximum absolute atomic E-state index is 13.6. The summed E-state index contributed by atoms with van der Waals surface area (Å²) in [6.07, 6.45) is 3.96. The van der Waals surface area contributed by atoms with E-state index in [4.69, 9.17) is 0 Å². The summed E-state index contributed by atoms with van der Waals surface area (Å²) in [5, 5.41) is 0. The first kappa shape index (κ1) is 18.1. The largest absolute Gasteiger partial charge is 0.338 e. The van der Waals surface area contributed by atoms with E-state index in [1.807, 2.05) is 0 Å². The number of para-hydroxylation sites is 2. The Bertz CT molecular complexity index is 863. The second-order valence-electron chi connectivity index (χ2n) is 7.75. The molecular weight excluding hydrogens is 352 g/mol. The number of benzene rings is 1. The molecule has 4 rings (SSSR count). The van der Waals surface area contributed by atoms with E-state index in [2.05, 4.69) is 4.98 Å². The second-order valence-corrected chi connectivity index (χ2v) is 7.75. The third kappa shape index (κ3) is 3.24. The Morgan fingerprint density at radius 2 is 1.93 bits per heavy atom. The topological polar surface area (TPSA) is 55.2 Å².